The first-order valence-corrected chi connectivity index (χ1v) is 6.84. The van der Waals surface area contributed by atoms with Gasteiger partial charge in [-0.05, 0) is 18.2 Å². The van der Waals surface area contributed by atoms with Crippen LogP contribution in [-0.2, 0) is 11.3 Å². The van der Waals surface area contributed by atoms with Crippen LogP contribution in [-0.4, -0.2) is 17.6 Å². The Bertz CT molecular complexity index is 601. The van der Waals surface area contributed by atoms with Gasteiger partial charge >= 0.3 is 5.97 Å². The molecular formula is C17H18FNO2. The fourth-order valence-electron chi connectivity index (χ4n) is 2.14. The monoisotopic (exact) mass is 287 g/mol. The molecule has 2 rings (SSSR count). The van der Waals surface area contributed by atoms with Crippen LogP contribution in [0.25, 0.3) is 0 Å². The van der Waals surface area contributed by atoms with Crippen molar-refractivity contribution < 1.29 is 14.3 Å². The number of hydrogen-bond donors (Lipinski definition) is 1. The van der Waals surface area contributed by atoms with Crippen LogP contribution in [0.3, 0.4) is 0 Å². The molecule has 0 aliphatic carbocycles. The van der Waals surface area contributed by atoms with Crippen LogP contribution in [0.4, 0.5) is 10.1 Å². The summed E-state index contributed by atoms with van der Waals surface area (Å²) in [4.78, 5) is 13.0. The van der Waals surface area contributed by atoms with E-state index in [0.29, 0.717) is 18.7 Å². The summed E-state index contributed by atoms with van der Waals surface area (Å²) in [7, 11) is 0. The number of anilines is 1. The Labute approximate surface area is 123 Å². The minimum Gasteiger partial charge on any atom is -0.481 e. The fraction of sp³-hybridized carbons (Fsp3) is 0.235. The maximum Gasteiger partial charge on any atom is 0.308 e. The Kier molecular flexibility index (Phi) is 4.93. The van der Waals surface area contributed by atoms with E-state index in [1.807, 2.05) is 35.2 Å². The Morgan fingerprint density at radius 3 is 2.38 bits per heavy atom. The molecule has 0 radical (unpaired) electrons. The van der Waals surface area contributed by atoms with Crippen molar-refractivity contribution in [3.05, 3.63) is 66.0 Å². The topological polar surface area (TPSA) is 40.5 Å². The van der Waals surface area contributed by atoms with Gasteiger partial charge in [-0.25, -0.2) is 4.39 Å². The van der Waals surface area contributed by atoms with Crippen LogP contribution < -0.4 is 4.90 Å². The maximum atomic E-state index is 13.8. The minimum absolute atomic E-state index is 0.276. The summed E-state index contributed by atoms with van der Waals surface area (Å²) in [5.41, 5.74) is 1.44. The lowest BCUT2D eigenvalue weighted by Crippen LogP contribution is -2.31. The summed E-state index contributed by atoms with van der Waals surface area (Å²) in [5, 5.41) is 9.10. The van der Waals surface area contributed by atoms with Gasteiger partial charge in [0, 0.05) is 24.3 Å². The molecule has 0 fully saturated rings. The van der Waals surface area contributed by atoms with Gasteiger partial charge < -0.3 is 10.0 Å². The van der Waals surface area contributed by atoms with Gasteiger partial charge in [0.2, 0.25) is 0 Å². The van der Waals surface area contributed by atoms with Crippen LogP contribution in [0.15, 0.2) is 54.6 Å². The molecule has 1 unspecified atom stereocenters. The zero-order valence-electron chi connectivity index (χ0n) is 11.9. The van der Waals surface area contributed by atoms with Crippen molar-refractivity contribution in [2.45, 2.75) is 13.5 Å². The SMILES string of the molecule is CC(CN(Cc1ccccc1F)c1ccccc1)C(=O)O. The van der Waals surface area contributed by atoms with Gasteiger partial charge in [-0.3, -0.25) is 4.79 Å². The summed E-state index contributed by atoms with van der Waals surface area (Å²) in [6, 6.07) is 16.0. The van der Waals surface area contributed by atoms with Crippen molar-refractivity contribution in [3.8, 4) is 0 Å². The molecule has 3 nitrogen and oxygen atoms in total. The molecule has 4 heteroatoms. The van der Waals surface area contributed by atoms with E-state index >= 15 is 0 Å². The van der Waals surface area contributed by atoms with Crippen LogP contribution in [0.5, 0.6) is 0 Å². The zero-order valence-corrected chi connectivity index (χ0v) is 11.9. The lowest BCUT2D eigenvalue weighted by atomic mass is 10.1. The van der Waals surface area contributed by atoms with Crippen LogP contribution in [0, 0.1) is 11.7 Å². The van der Waals surface area contributed by atoms with Crippen LogP contribution >= 0.6 is 0 Å². The highest BCUT2D eigenvalue weighted by atomic mass is 19.1. The first-order valence-electron chi connectivity index (χ1n) is 6.84. The third kappa shape index (κ3) is 4.05. The molecule has 0 aliphatic heterocycles. The summed E-state index contributed by atoms with van der Waals surface area (Å²) >= 11 is 0. The molecular weight excluding hydrogens is 269 g/mol. The predicted molar refractivity (Wildman–Crippen MR) is 80.7 cm³/mol. The van der Waals surface area contributed by atoms with Crippen molar-refractivity contribution in [2.24, 2.45) is 5.92 Å². The van der Waals surface area contributed by atoms with E-state index in [9.17, 15) is 9.18 Å². The summed E-state index contributed by atoms with van der Waals surface area (Å²) < 4.78 is 13.8. The smallest absolute Gasteiger partial charge is 0.308 e. The molecule has 2 aromatic carbocycles. The number of rotatable bonds is 6. The van der Waals surface area contributed by atoms with Crippen molar-refractivity contribution in [1.82, 2.24) is 0 Å². The third-order valence-corrected chi connectivity index (χ3v) is 3.36. The molecule has 0 aromatic heterocycles. The number of benzene rings is 2. The Morgan fingerprint density at radius 2 is 1.76 bits per heavy atom. The summed E-state index contributed by atoms with van der Waals surface area (Å²) in [5.74, 6) is -1.66. The summed E-state index contributed by atoms with van der Waals surface area (Å²) in [6.07, 6.45) is 0. The quantitative estimate of drug-likeness (QED) is 0.883. The first-order chi connectivity index (χ1) is 10.1. The molecule has 21 heavy (non-hydrogen) atoms. The number of hydrogen-bond acceptors (Lipinski definition) is 2. The van der Waals surface area contributed by atoms with E-state index in [1.54, 1.807) is 25.1 Å². The molecule has 2 aromatic rings. The molecule has 0 amide bonds. The van der Waals surface area contributed by atoms with Gasteiger partial charge in [-0.15, -0.1) is 0 Å². The molecule has 0 spiro atoms. The fourth-order valence-corrected chi connectivity index (χ4v) is 2.14. The average molecular weight is 287 g/mol. The average Bonchev–Trinajstić information content (AvgIpc) is 2.49. The van der Waals surface area contributed by atoms with E-state index in [-0.39, 0.29) is 5.82 Å². The number of carboxylic acid groups (broad SMARTS) is 1. The Hall–Kier alpha value is -2.36. The second kappa shape index (κ2) is 6.88. The highest BCUT2D eigenvalue weighted by Crippen LogP contribution is 2.20. The lowest BCUT2D eigenvalue weighted by Gasteiger charge is -2.27. The molecule has 0 saturated heterocycles. The largest absolute Gasteiger partial charge is 0.481 e. The highest BCUT2D eigenvalue weighted by molar-refractivity contribution is 5.70. The molecule has 0 heterocycles. The minimum atomic E-state index is -0.857. The Balaban J connectivity index is 2.24. The number of halogens is 1. The van der Waals surface area contributed by atoms with Gasteiger partial charge in [-0.1, -0.05) is 43.3 Å². The first kappa shape index (κ1) is 15.0. The molecule has 0 bridgehead atoms. The van der Waals surface area contributed by atoms with Crippen LogP contribution in [0.1, 0.15) is 12.5 Å². The number of carbonyl (C=O) groups is 1. The predicted octanol–water partition coefficient (Wildman–Crippen LogP) is 3.55. The van der Waals surface area contributed by atoms with E-state index in [1.165, 1.54) is 6.07 Å². The van der Waals surface area contributed by atoms with E-state index < -0.39 is 11.9 Å². The highest BCUT2D eigenvalue weighted by Gasteiger charge is 2.17. The van der Waals surface area contributed by atoms with E-state index in [4.69, 9.17) is 5.11 Å². The molecule has 1 atom stereocenters. The van der Waals surface area contributed by atoms with Gasteiger partial charge in [0.05, 0.1) is 5.92 Å². The molecule has 0 saturated carbocycles. The van der Waals surface area contributed by atoms with E-state index in [2.05, 4.69) is 0 Å². The van der Waals surface area contributed by atoms with Gasteiger partial charge in [0.1, 0.15) is 5.82 Å². The van der Waals surface area contributed by atoms with Crippen molar-refractivity contribution in [2.75, 3.05) is 11.4 Å². The van der Waals surface area contributed by atoms with Crippen LogP contribution in [0.2, 0.25) is 0 Å². The van der Waals surface area contributed by atoms with Gasteiger partial charge in [0.25, 0.3) is 0 Å². The standard InChI is InChI=1S/C17H18FNO2/c1-13(17(20)21)11-19(15-8-3-2-4-9-15)12-14-7-5-6-10-16(14)18/h2-10,13H,11-12H2,1H3,(H,20,21). The lowest BCUT2D eigenvalue weighted by molar-refractivity contribution is -0.140. The van der Waals surface area contributed by atoms with E-state index in [0.717, 1.165) is 5.69 Å². The van der Waals surface area contributed by atoms with Gasteiger partial charge in [0.15, 0.2) is 0 Å². The normalized spacial score (nSPS) is 11.9. The molecule has 0 aliphatic rings. The molecule has 110 valence electrons. The molecule has 1 N–H and O–H groups in total. The second-order valence-electron chi connectivity index (χ2n) is 5.05. The van der Waals surface area contributed by atoms with Crippen molar-refractivity contribution >= 4 is 11.7 Å². The number of nitrogens with zero attached hydrogens (tertiary/aromatic N) is 1. The number of carboxylic acids is 1. The second-order valence-corrected chi connectivity index (χ2v) is 5.05. The summed E-state index contributed by atoms with van der Waals surface area (Å²) in [6.45, 7) is 2.32. The zero-order chi connectivity index (χ0) is 15.2. The Morgan fingerprint density at radius 1 is 1.14 bits per heavy atom. The third-order valence-electron chi connectivity index (χ3n) is 3.36. The number of aliphatic carboxylic acids is 1. The number of para-hydroxylation sites is 1. The van der Waals surface area contributed by atoms with Crippen molar-refractivity contribution in [3.63, 3.8) is 0 Å². The van der Waals surface area contributed by atoms with Gasteiger partial charge in [-0.2, -0.15) is 0 Å². The maximum absolute atomic E-state index is 13.8. The van der Waals surface area contributed by atoms with Crippen molar-refractivity contribution in [1.29, 1.82) is 0 Å².